The third kappa shape index (κ3) is 4.12. The predicted octanol–water partition coefficient (Wildman–Crippen LogP) is 2.36. The van der Waals surface area contributed by atoms with E-state index in [2.05, 4.69) is 5.32 Å². The average molecular weight is 299 g/mol. The van der Waals surface area contributed by atoms with Gasteiger partial charge < -0.3 is 16.2 Å². The minimum absolute atomic E-state index is 0. The molecule has 2 rings (SSSR count). The van der Waals surface area contributed by atoms with Gasteiger partial charge in [-0.15, -0.1) is 12.4 Å². The summed E-state index contributed by atoms with van der Waals surface area (Å²) in [6.07, 6.45) is 5.32. The minimum Gasteiger partial charge on any atom is -0.399 e. The van der Waals surface area contributed by atoms with Crippen molar-refractivity contribution in [2.24, 2.45) is 5.41 Å². The van der Waals surface area contributed by atoms with Crippen molar-refractivity contribution in [3.63, 3.8) is 0 Å². The van der Waals surface area contributed by atoms with E-state index in [0.29, 0.717) is 17.8 Å². The van der Waals surface area contributed by atoms with Crippen LogP contribution in [0.1, 0.15) is 42.5 Å². The number of hydrogen-bond acceptors (Lipinski definition) is 3. The van der Waals surface area contributed by atoms with Gasteiger partial charge >= 0.3 is 0 Å². The number of benzene rings is 1. The van der Waals surface area contributed by atoms with E-state index in [1.54, 1.807) is 24.3 Å². The average Bonchev–Trinajstić information content (AvgIpc) is 2.85. The van der Waals surface area contributed by atoms with Crippen LogP contribution in [0.2, 0.25) is 0 Å². The maximum absolute atomic E-state index is 12.1. The number of nitrogens with two attached hydrogens (primary N) is 1. The molecule has 0 saturated heterocycles. The fourth-order valence-electron chi connectivity index (χ4n) is 2.93. The van der Waals surface area contributed by atoms with Gasteiger partial charge in [0.05, 0.1) is 0 Å². The van der Waals surface area contributed by atoms with E-state index in [1.807, 2.05) is 0 Å². The van der Waals surface area contributed by atoms with E-state index in [9.17, 15) is 9.90 Å². The van der Waals surface area contributed by atoms with Gasteiger partial charge in [0, 0.05) is 24.4 Å². The molecule has 0 atom stereocenters. The highest BCUT2D eigenvalue weighted by Crippen LogP contribution is 2.40. The molecule has 1 amide bonds. The van der Waals surface area contributed by atoms with Gasteiger partial charge in [-0.1, -0.05) is 18.9 Å². The summed E-state index contributed by atoms with van der Waals surface area (Å²) < 4.78 is 0. The first-order valence-electron chi connectivity index (χ1n) is 6.90. The molecule has 1 aliphatic rings. The molecular formula is C15H23ClN2O2. The summed E-state index contributed by atoms with van der Waals surface area (Å²) in [5, 5.41) is 12.2. The predicted molar refractivity (Wildman–Crippen MR) is 83.0 cm³/mol. The SMILES string of the molecule is Cl.Nc1cccc(C(=O)NCC2(CCO)CCCC2)c1. The van der Waals surface area contributed by atoms with E-state index in [1.165, 1.54) is 12.8 Å². The van der Waals surface area contributed by atoms with Crippen LogP contribution in [-0.4, -0.2) is 24.2 Å². The van der Waals surface area contributed by atoms with Crippen LogP contribution in [-0.2, 0) is 0 Å². The van der Waals surface area contributed by atoms with Crippen molar-refractivity contribution < 1.29 is 9.90 Å². The number of nitrogen functional groups attached to an aromatic ring is 1. The van der Waals surface area contributed by atoms with Crippen LogP contribution >= 0.6 is 12.4 Å². The Morgan fingerprint density at radius 3 is 2.65 bits per heavy atom. The van der Waals surface area contributed by atoms with Crippen LogP contribution in [0.25, 0.3) is 0 Å². The van der Waals surface area contributed by atoms with Crippen LogP contribution in [0.3, 0.4) is 0 Å². The van der Waals surface area contributed by atoms with Crippen molar-refractivity contribution in [2.45, 2.75) is 32.1 Å². The van der Waals surface area contributed by atoms with Gasteiger partial charge in [-0.3, -0.25) is 4.79 Å². The number of carbonyl (C=O) groups excluding carboxylic acids is 1. The lowest BCUT2D eigenvalue weighted by molar-refractivity contribution is 0.0916. The molecule has 112 valence electrons. The second-order valence-corrected chi connectivity index (χ2v) is 5.49. The van der Waals surface area contributed by atoms with Crippen molar-refractivity contribution >= 4 is 24.0 Å². The molecule has 0 spiro atoms. The second kappa shape index (κ2) is 7.50. The zero-order chi connectivity index (χ0) is 13.7. The zero-order valence-corrected chi connectivity index (χ0v) is 12.4. The molecule has 4 N–H and O–H groups in total. The van der Waals surface area contributed by atoms with E-state index >= 15 is 0 Å². The smallest absolute Gasteiger partial charge is 0.251 e. The van der Waals surface area contributed by atoms with Crippen molar-refractivity contribution in [3.05, 3.63) is 29.8 Å². The first kappa shape index (κ1) is 16.8. The van der Waals surface area contributed by atoms with Crippen molar-refractivity contribution in [1.29, 1.82) is 0 Å². The van der Waals surface area contributed by atoms with Gasteiger partial charge in [0.2, 0.25) is 0 Å². The molecule has 0 aromatic heterocycles. The molecule has 20 heavy (non-hydrogen) atoms. The summed E-state index contributed by atoms with van der Waals surface area (Å²) in [6.45, 7) is 0.829. The fraction of sp³-hybridized carbons (Fsp3) is 0.533. The molecule has 1 aliphatic carbocycles. The summed E-state index contributed by atoms with van der Waals surface area (Å²) in [5.74, 6) is -0.0866. The number of rotatable bonds is 5. The molecule has 0 heterocycles. The lowest BCUT2D eigenvalue weighted by Crippen LogP contribution is -2.36. The Labute approximate surface area is 126 Å². The van der Waals surface area contributed by atoms with Crippen LogP contribution in [0.5, 0.6) is 0 Å². The topological polar surface area (TPSA) is 75.4 Å². The number of aliphatic hydroxyl groups is 1. The highest BCUT2D eigenvalue weighted by Gasteiger charge is 2.33. The molecule has 5 heteroatoms. The molecule has 0 bridgehead atoms. The van der Waals surface area contributed by atoms with Gasteiger partial charge in [0.1, 0.15) is 0 Å². The Hall–Kier alpha value is -1.26. The fourth-order valence-corrected chi connectivity index (χ4v) is 2.93. The molecule has 1 saturated carbocycles. The number of nitrogens with one attached hydrogen (secondary N) is 1. The van der Waals surface area contributed by atoms with Crippen molar-refractivity contribution in [3.8, 4) is 0 Å². The van der Waals surface area contributed by atoms with E-state index in [-0.39, 0.29) is 30.3 Å². The van der Waals surface area contributed by atoms with Gasteiger partial charge in [0.25, 0.3) is 5.91 Å². The van der Waals surface area contributed by atoms with Crippen LogP contribution in [0, 0.1) is 5.41 Å². The lowest BCUT2D eigenvalue weighted by atomic mass is 9.83. The van der Waals surface area contributed by atoms with E-state index in [0.717, 1.165) is 19.3 Å². The van der Waals surface area contributed by atoms with Gasteiger partial charge in [-0.25, -0.2) is 0 Å². The zero-order valence-electron chi connectivity index (χ0n) is 11.6. The van der Waals surface area contributed by atoms with E-state index < -0.39 is 0 Å². The maximum atomic E-state index is 12.1. The molecule has 1 fully saturated rings. The molecule has 4 nitrogen and oxygen atoms in total. The summed E-state index contributed by atoms with van der Waals surface area (Å²) >= 11 is 0. The first-order chi connectivity index (χ1) is 9.15. The first-order valence-corrected chi connectivity index (χ1v) is 6.90. The minimum atomic E-state index is -0.0866. The Balaban J connectivity index is 0.00000200. The molecule has 0 unspecified atom stereocenters. The number of anilines is 1. The number of halogens is 1. The van der Waals surface area contributed by atoms with Crippen LogP contribution in [0.15, 0.2) is 24.3 Å². The largest absolute Gasteiger partial charge is 0.399 e. The summed E-state index contributed by atoms with van der Waals surface area (Å²) in [4.78, 5) is 12.1. The Bertz CT molecular complexity index is 445. The van der Waals surface area contributed by atoms with Gasteiger partial charge in [-0.2, -0.15) is 0 Å². The van der Waals surface area contributed by atoms with E-state index in [4.69, 9.17) is 5.73 Å². The molecular weight excluding hydrogens is 276 g/mol. The Kier molecular flexibility index (Phi) is 6.30. The molecule has 0 aliphatic heterocycles. The highest BCUT2D eigenvalue weighted by atomic mass is 35.5. The Morgan fingerprint density at radius 1 is 1.35 bits per heavy atom. The standard InChI is InChI=1S/C15H22N2O2.ClH/c16-13-5-3-4-12(10-13)14(19)17-11-15(8-9-18)6-1-2-7-15;/h3-5,10,18H,1-2,6-9,11,16H2,(H,17,19);1H. The van der Waals surface area contributed by atoms with Gasteiger partial charge in [0.15, 0.2) is 0 Å². The Morgan fingerprint density at radius 2 is 2.05 bits per heavy atom. The molecule has 1 aromatic carbocycles. The van der Waals surface area contributed by atoms with Crippen molar-refractivity contribution in [2.75, 3.05) is 18.9 Å². The van der Waals surface area contributed by atoms with Gasteiger partial charge in [-0.05, 0) is 42.9 Å². The second-order valence-electron chi connectivity index (χ2n) is 5.49. The van der Waals surface area contributed by atoms with Crippen LogP contribution in [0.4, 0.5) is 5.69 Å². The number of carbonyl (C=O) groups is 1. The third-order valence-corrected chi connectivity index (χ3v) is 4.08. The van der Waals surface area contributed by atoms with Crippen molar-refractivity contribution in [1.82, 2.24) is 5.32 Å². The third-order valence-electron chi connectivity index (χ3n) is 4.08. The summed E-state index contributed by atoms with van der Waals surface area (Å²) in [7, 11) is 0. The van der Waals surface area contributed by atoms with Crippen LogP contribution < -0.4 is 11.1 Å². The summed E-state index contributed by atoms with van der Waals surface area (Å²) in [5.41, 5.74) is 6.95. The molecule has 0 radical (unpaired) electrons. The quantitative estimate of drug-likeness (QED) is 0.731. The molecule has 1 aromatic rings. The monoisotopic (exact) mass is 298 g/mol. The lowest BCUT2D eigenvalue weighted by Gasteiger charge is -2.28. The summed E-state index contributed by atoms with van der Waals surface area (Å²) in [6, 6.07) is 6.99. The number of aliphatic hydroxyl groups excluding tert-OH is 1. The number of amides is 1. The maximum Gasteiger partial charge on any atom is 0.251 e. The normalized spacial score (nSPS) is 16.4. The number of hydrogen-bond donors (Lipinski definition) is 3. The highest BCUT2D eigenvalue weighted by molar-refractivity contribution is 5.95.